The van der Waals surface area contributed by atoms with Gasteiger partial charge in [0.15, 0.2) is 0 Å². The van der Waals surface area contributed by atoms with Crippen molar-refractivity contribution in [3.63, 3.8) is 0 Å². The lowest BCUT2D eigenvalue weighted by molar-refractivity contribution is 0.0652. The first-order valence-corrected chi connectivity index (χ1v) is 10.0. The highest BCUT2D eigenvalue weighted by atomic mass is 32.2. The summed E-state index contributed by atoms with van der Waals surface area (Å²) in [5, 5.41) is 0. The maximum atomic E-state index is 12.3. The lowest BCUT2D eigenvalue weighted by atomic mass is 10.1. The Balaban J connectivity index is 1.51. The first kappa shape index (κ1) is 17.1. The molecule has 0 aromatic heterocycles. The van der Waals surface area contributed by atoms with Crippen LogP contribution in [0.3, 0.4) is 0 Å². The molecule has 2 heterocycles. The molecular formula is C17H22N2O4S. The number of fused-ring (bicyclic) bond motifs is 1. The molecule has 0 saturated carbocycles. The molecule has 2 aliphatic heterocycles. The summed E-state index contributed by atoms with van der Waals surface area (Å²) in [7, 11) is -3.21. The van der Waals surface area contributed by atoms with Crippen molar-refractivity contribution in [2.75, 3.05) is 25.4 Å². The molecule has 24 heavy (non-hydrogen) atoms. The number of nitrogens with zero attached hydrogens (tertiary/aromatic N) is 2. The number of benzene rings is 1. The average molecular weight is 350 g/mol. The van der Waals surface area contributed by atoms with Crippen LogP contribution in [0.1, 0.15) is 52.8 Å². The standard InChI is InChI=1S/C17H22N2O4S/c20-16-14-8-2-3-9-15(14)17(21)19(16)12-6-7-13-24(22,23)18-10-4-1-5-11-18/h2-3,8-9H,1,4-7,10-13H2. The number of unbranched alkanes of at least 4 members (excludes halogenated alkanes) is 1. The molecule has 0 radical (unpaired) electrons. The number of carbonyl (C=O) groups is 2. The molecule has 130 valence electrons. The van der Waals surface area contributed by atoms with Crippen molar-refractivity contribution in [2.24, 2.45) is 0 Å². The molecule has 1 aromatic rings. The van der Waals surface area contributed by atoms with Gasteiger partial charge in [-0.05, 0) is 37.8 Å². The quantitative estimate of drug-likeness (QED) is 0.580. The summed E-state index contributed by atoms with van der Waals surface area (Å²) in [4.78, 5) is 25.7. The minimum absolute atomic E-state index is 0.0795. The van der Waals surface area contributed by atoms with Crippen LogP contribution in [0, 0.1) is 0 Å². The van der Waals surface area contributed by atoms with Crippen LogP contribution in [0.25, 0.3) is 0 Å². The molecule has 7 heteroatoms. The first-order valence-electron chi connectivity index (χ1n) is 8.44. The van der Waals surface area contributed by atoms with E-state index in [-0.39, 0.29) is 24.1 Å². The van der Waals surface area contributed by atoms with Gasteiger partial charge in [-0.15, -0.1) is 0 Å². The van der Waals surface area contributed by atoms with E-state index in [9.17, 15) is 18.0 Å². The predicted molar refractivity (Wildman–Crippen MR) is 90.3 cm³/mol. The van der Waals surface area contributed by atoms with Crippen LogP contribution in [-0.2, 0) is 10.0 Å². The normalized spacial score (nSPS) is 18.9. The highest BCUT2D eigenvalue weighted by molar-refractivity contribution is 7.89. The Hall–Kier alpha value is -1.73. The SMILES string of the molecule is O=C1c2ccccc2C(=O)N1CCCCS(=O)(=O)N1CCCCC1. The summed E-state index contributed by atoms with van der Waals surface area (Å²) in [5.41, 5.74) is 0.867. The van der Waals surface area contributed by atoms with Crippen molar-refractivity contribution >= 4 is 21.8 Å². The van der Waals surface area contributed by atoms with E-state index >= 15 is 0 Å². The van der Waals surface area contributed by atoms with Gasteiger partial charge in [-0.3, -0.25) is 14.5 Å². The molecule has 0 unspecified atom stereocenters. The highest BCUT2D eigenvalue weighted by Gasteiger charge is 2.34. The minimum atomic E-state index is -3.21. The number of amides is 2. The fourth-order valence-corrected chi connectivity index (χ4v) is 4.91. The van der Waals surface area contributed by atoms with Crippen LogP contribution in [0.4, 0.5) is 0 Å². The maximum Gasteiger partial charge on any atom is 0.261 e. The number of piperidine rings is 1. The van der Waals surface area contributed by atoms with Gasteiger partial charge in [0.25, 0.3) is 11.8 Å². The molecule has 1 aromatic carbocycles. The molecule has 0 N–H and O–H groups in total. The molecule has 2 aliphatic rings. The summed E-state index contributed by atoms with van der Waals surface area (Å²) >= 11 is 0. The second-order valence-corrected chi connectivity index (χ2v) is 8.38. The molecule has 0 spiro atoms. The van der Waals surface area contributed by atoms with E-state index in [1.165, 1.54) is 4.90 Å². The van der Waals surface area contributed by atoms with Gasteiger partial charge in [0.2, 0.25) is 10.0 Å². The van der Waals surface area contributed by atoms with Crippen LogP contribution in [0.5, 0.6) is 0 Å². The molecule has 6 nitrogen and oxygen atoms in total. The lowest BCUT2D eigenvalue weighted by Crippen LogP contribution is -2.37. The second-order valence-electron chi connectivity index (χ2n) is 6.29. The Morgan fingerprint density at radius 1 is 0.875 bits per heavy atom. The van der Waals surface area contributed by atoms with Crippen molar-refractivity contribution in [3.05, 3.63) is 35.4 Å². The third kappa shape index (κ3) is 3.37. The van der Waals surface area contributed by atoms with Crippen molar-refractivity contribution in [1.82, 2.24) is 9.21 Å². The zero-order chi connectivity index (χ0) is 17.2. The zero-order valence-electron chi connectivity index (χ0n) is 13.6. The third-order valence-electron chi connectivity index (χ3n) is 4.62. The van der Waals surface area contributed by atoms with Crippen LogP contribution in [-0.4, -0.2) is 54.8 Å². The smallest absolute Gasteiger partial charge is 0.261 e. The number of hydrogen-bond donors (Lipinski definition) is 0. The van der Waals surface area contributed by atoms with E-state index < -0.39 is 10.0 Å². The highest BCUT2D eigenvalue weighted by Crippen LogP contribution is 2.23. The first-order chi connectivity index (χ1) is 11.5. The summed E-state index contributed by atoms with van der Waals surface area (Å²) in [6, 6.07) is 6.77. The van der Waals surface area contributed by atoms with E-state index in [0.717, 1.165) is 19.3 Å². The fourth-order valence-electron chi connectivity index (χ4n) is 3.27. The van der Waals surface area contributed by atoms with Gasteiger partial charge in [0, 0.05) is 19.6 Å². The number of imide groups is 1. The number of rotatable bonds is 6. The molecule has 0 bridgehead atoms. The van der Waals surface area contributed by atoms with Gasteiger partial charge in [-0.2, -0.15) is 0 Å². The largest absolute Gasteiger partial charge is 0.274 e. The summed E-state index contributed by atoms with van der Waals surface area (Å²) in [6.45, 7) is 1.49. The van der Waals surface area contributed by atoms with Gasteiger partial charge >= 0.3 is 0 Å². The van der Waals surface area contributed by atoms with E-state index in [2.05, 4.69) is 0 Å². The van der Waals surface area contributed by atoms with Crippen molar-refractivity contribution in [2.45, 2.75) is 32.1 Å². The van der Waals surface area contributed by atoms with E-state index in [4.69, 9.17) is 0 Å². The van der Waals surface area contributed by atoms with Crippen molar-refractivity contribution in [1.29, 1.82) is 0 Å². The van der Waals surface area contributed by atoms with Crippen molar-refractivity contribution < 1.29 is 18.0 Å². The topological polar surface area (TPSA) is 74.8 Å². The van der Waals surface area contributed by atoms with Gasteiger partial charge in [-0.1, -0.05) is 18.6 Å². The van der Waals surface area contributed by atoms with Gasteiger partial charge < -0.3 is 0 Å². The molecule has 3 rings (SSSR count). The maximum absolute atomic E-state index is 12.3. The minimum Gasteiger partial charge on any atom is -0.274 e. The summed E-state index contributed by atoms with van der Waals surface area (Å²) in [6.07, 6.45) is 3.89. The van der Waals surface area contributed by atoms with Gasteiger partial charge in [0.05, 0.1) is 16.9 Å². The second kappa shape index (κ2) is 7.03. The molecule has 2 amide bonds. The van der Waals surface area contributed by atoms with Crippen LogP contribution >= 0.6 is 0 Å². The summed E-state index contributed by atoms with van der Waals surface area (Å²) in [5.74, 6) is -0.486. The van der Waals surface area contributed by atoms with Crippen LogP contribution in [0.2, 0.25) is 0 Å². The monoisotopic (exact) mass is 350 g/mol. The number of sulfonamides is 1. The van der Waals surface area contributed by atoms with Crippen LogP contribution in [0.15, 0.2) is 24.3 Å². The van der Waals surface area contributed by atoms with Gasteiger partial charge in [0.1, 0.15) is 0 Å². The Bertz CT molecular complexity index is 704. The van der Waals surface area contributed by atoms with E-state index in [1.807, 2.05) is 0 Å². The molecule has 1 saturated heterocycles. The Kier molecular flexibility index (Phi) is 5.01. The molecular weight excluding hydrogens is 328 g/mol. The summed E-state index contributed by atoms with van der Waals surface area (Å²) < 4.78 is 26.1. The molecule has 0 aliphatic carbocycles. The number of carbonyl (C=O) groups excluding carboxylic acids is 2. The van der Waals surface area contributed by atoms with E-state index in [1.54, 1.807) is 28.6 Å². The Morgan fingerprint density at radius 2 is 1.46 bits per heavy atom. The van der Waals surface area contributed by atoms with E-state index in [0.29, 0.717) is 37.1 Å². The number of hydrogen-bond acceptors (Lipinski definition) is 4. The zero-order valence-corrected chi connectivity index (χ0v) is 14.4. The lowest BCUT2D eigenvalue weighted by Gasteiger charge is -2.25. The third-order valence-corrected chi connectivity index (χ3v) is 6.58. The van der Waals surface area contributed by atoms with Crippen LogP contribution < -0.4 is 0 Å². The Labute approximate surface area is 142 Å². The molecule has 1 fully saturated rings. The fraction of sp³-hybridized carbons (Fsp3) is 0.529. The van der Waals surface area contributed by atoms with Gasteiger partial charge in [-0.25, -0.2) is 12.7 Å². The van der Waals surface area contributed by atoms with Crippen molar-refractivity contribution in [3.8, 4) is 0 Å². The predicted octanol–water partition coefficient (Wildman–Crippen LogP) is 1.88. The Morgan fingerprint density at radius 3 is 2.04 bits per heavy atom. The molecule has 0 atom stereocenters. The average Bonchev–Trinajstić information content (AvgIpc) is 2.84.